The van der Waals surface area contributed by atoms with Crippen molar-refractivity contribution in [3.8, 4) is 0 Å². The van der Waals surface area contributed by atoms with E-state index in [1.165, 1.54) is 0 Å². The maximum absolute atomic E-state index is 12.6. The lowest BCUT2D eigenvalue weighted by Crippen LogP contribution is -2.41. The average molecular weight is 343 g/mol. The summed E-state index contributed by atoms with van der Waals surface area (Å²) >= 11 is 11.8. The van der Waals surface area contributed by atoms with Crippen LogP contribution in [0.2, 0.25) is 10.0 Å². The molecule has 118 valence electrons. The predicted octanol–water partition coefficient (Wildman–Crippen LogP) is 4.36. The summed E-state index contributed by atoms with van der Waals surface area (Å²) in [5, 5.41) is -0.0101. The second kappa shape index (κ2) is 6.83. The molecule has 0 aliphatic carbocycles. The van der Waals surface area contributed by atoms with Crippen molar-refractivity contribution in [1.82, 2.24) is 9.88 Å². The van der Waals surface area contributed by atoms with Crippen molar-refractivity contribution < 1.29 is 18.0 Å². The van der Waals surface area contributed by atoms with Gasteiger partial charge in [0.1, 0.15) is 6.54 Å². The summed E-state index contributed by atoms with van der Waals surface area (Å²) in [6, 6.07) is 0. The molecule has 0 radical (unpaired) electrons. The second-order valence-corrected chi connectivity index (χ2v) is 5.84. The number of alkyl halides is 3. The molecule has 0 N–H and O–H groups in total. The molecule has 0 saturated heterocycles. The number of halogens is 5. The Kier molecular flexibility index (Phi) is 5.87. The largest absolute Gasteiger partial charge is 0.406 e. The molecule has 8 heteroatoms. The van der Waals surface area contributed by atoms with E-state index in [0.717, 1.165) is 6.20 Å². The fraction of sp³-hybridized carbons (Fsp3) is 0.538. The normalized spacial score (nSPS) is 11.9. The monoisotopic (exact) mass is 342 g/mol. The molecule has 0 bridgehead atoms. The van der Waals surface area contributed by atoms with E-state index in [4.69, 9.17) is 23.2 Å². The highest BCUT2D eigenvalue weighted by Crippen LogP contribution is 2.29. The standard InChI is InChI=1S/C13H15Cl2F3N2O/c1-7(2)5-20(6-13(16,17)18)12(21)9-4-19-8(3)10(14)11(9)15/h4,7H,5-6H2,1-3H3. The summed E-state index contributed by atoms with van der Waals surface area (Å²) in [6.45, 7) is 3.65. The average Bonchev–Trinajstić information content (AvgIpc) is 2.32. The van der Waals surface area contributed by atoms with Gasteiger partial charge in [0.2, 0.25) is 0 Å². The van der Waals surface area contributed by atoms with Crippen molar-refractivity contribution >= 4 is 29.1 Å². The van der Waals surface area contributed by atoms with Crippen LogP contribution < -0.4 is 0 Å². The molecule has 0 atom stereocenters. The van der Waals surface area contributed by atoms with Crippen molar-refractivity contribution in [2.45, 2.75) is 26.9 Å². The first-order chi connectivity index (χ1) is 9.53. The highest BCUT2D eigenvalue weighted by Gasteiger charge is 2.34. The van der Waals surface area contributed by atoms with Crippen LogP contribution in [0.1, 0.15) is 29.9 Å². The number of aryl methyl sites for hydroxylation is 1. The van der Waals surface area contributed by atoms with Gasteiger partial charge in [0, 0.05) is 12.7 Å². The van der Waals surface area contributed by atoms with Gasteiger partial charge in [-0.2, -0.15) is 13.2 Å². The Hall–Kier alpha value is -1.01. The highest BCUT2D eigenvalue weighted by molar-refractivity contribution is 6.44. The molecule has 0 spiro atoms. The van der Waals surface area contributed by atoms with Gasteiger partial charge in [-0.15, -0.1) is 0 Å². The van der Waals surface area contributed by atoms with E-state index in [-0.39, 0.29) is 28.1 Å². The van der Waals surface area contributed by atoms with Crippen molar-refractivity contribution in [2.75, 3.05) is 13.1 Å². The smallest absolute Gasteiger partial charge is 0.329 e. The third-order valence-electron chi connectivity index (χ3n) is 2.61. The summed E-state index contributed by atoms with van der Waals surface area (Å²) in [4.78, 5) is 16.9. The Bertz CT molecular complexity index is 533. The van der Waals surface area contributed by atoms with Crippen LogP contribution in [0.4, 0.5) is 13.2 Å². The Morgan fingerprint density at radius 2 is 1.90 bits per heavy atom. The van der Waals surface area contributed by atoms with Gasteiger partial charge < -0.3 is 4.90 Å². The first-order valence-corrected chi connectivity index (χ1v) is 6.95. The third kappa shape index (κ3) is 5.04. The lowest BCUT2D eigenvalue weighted by molar-refractivity contribution is -0.141. The molecule has 0 aliphatic rings. The molecule has 1 aromatic heterocycles. The molecule has 1 aromatic rings. The topological polar surface area (TPSA) is 33.2 Å². The number of carbonyl (C=O) groups is 1. The van der Waals surface area contributed by atoms with Gasteiger partial charge in [-0.3, -0.25) is 9.78 Å². The molecule has 0 saturated carbocycles. The fourth-order valence-electron chi connectivity index (χ4n) is 1.75. The number of carbonyl (C=O) groups excluding carboxylic acids is 1. The number of amides is 1. The van der Waals surface area contributed by atoms with Crippen LogP contribution in [0.5, 0.6) is 0 Å². The van der Waals surface area contributed by atoms with Crippen LogP contribution >= 0.6 is 23.2 Å². The molecule has 1 heterocycles. The van der Waals surface area contributed by atoms with Gasteiger partial charge in [-0.1, -0.05) is 37.0 Å². The van der Waals surface area contributed by atoms with Crippen molar-refractivity contribution in [3.05, 3.63) is 27.5 Å². The highest BCUT2D eigenvalue weighted by atomic mass is 35.5. The quantitative estimate of drug-likeness (QED) is 0.814. The molecule has 3 nitrogen and oxygen atoms in total. The zero-order valence-corrected chi connectivity index (χ0v) is 13.3. The number of pyridine rings is 1. The first-order valence-electron chi connectivity index (χ1n) is 6.19. The van der Waals surface area contributed by atoms with E-state index in [1.807, 2.05) is 0 Å². The lowest BCUT2D eigenvalue weighted by Gasteiger charge is -2.26. The summed E-state index contributed by atoms with van der Waals surface area (Å²) in [5.74, 6) is -0.954. The molecule has 1 rings (SSSR count). The lowest BCUT2D eigenvalue weighted by atomic mass is 10.1. The fourth-order valence-corrected chi connectivity index (χ4v) is 2.16. The number of hydrogen-bond donors (Lipinski definition) is 0. The molecular weight excluding hydrogens is 328 g/mol. The maximum Gasteiger partial charge on any atom is 0.406 e. The molecule has 21 heavy (non-hydrogen) atoms. The predicted molar refractivity (Wildman–Crippen MR) is 75.8 cm³/mol. The molecule has 0 aliphatic heterocycles. The van der Waals surface area contributed by atoms with E-state index in [0.29, 0.717) is 10.6 Å². The van der Waals surface area contributed by atoms with Crippen LogP contribution in [0.15, 0.2) is 6.20 Å². The van der Waals surface area contributed by atoms with Crippen LogP contribution in [0.3, 0.4) is 0 Å². The van der Waals surface area contributed by atoms with E-state index in [2.05, 4.69) is 4.98 Å². The summed E-state index contributed by atoms with van der Waals surface area (Å²) in [6.07, 6.45) is -3.34. The Morgan fingerprint density at radius 1 is 1.33 bits per heavy atom. The number of hydrogen-bond acceptors (Lipinski definition) is 2. The van der Waals surface area contributed by atoms with Gasteiger partial charge >= 0.3 is 6.18 Å². The number of aromatic nitrogens is 1. The minimum absolute atomic E-state index is 0.0415. The third-order valence-corrected chi connectivity index (χ3v) is 3.56. The maximum atomic E-state index is 12.6. The van der Waals surface area contributed by atoms with Gasteiger partial charge in [-0.25, -0.2) is 0 Å². The molecule has 0 unspecified atom stereocenters. The molecule has 1 amide bonds. The molecule has 0 aromatic carbocycles. The minimum atomic E-state index is -4.49. The minimum Gasteiger partial charge on any atom is -0.329 e. The number of nitrogens with zero attached hydrogens (tertiary/aromatic N) is 2. The van der Waals surface area contributed by atoms with E-state index < -0.39 is 18.6 Å². The van der Waals surface area contributed by atoms with Crippen molar-refractivity contribution in [3.63, 3.8) is 0 Å². The van der Waals surface area contributed by atoms with E-state index in [1.54, 1.807) is 20.8 Å². The van der Waals surface area contributed by atoms with E-state index >= 15 is 0 Å². The Labute approximate surface area is 131 Å². The van der Waals surface area contributed by atoms with E-state index in [9.17, 15) is 18.0 Å². The zero-order chi connectivity index (χ0) is 16.4. The molecule has 0 fully saturated rings. The molecular formula is C13H15Cl2F3N2O. The van der Waals surface area contributed by atoms with Gasteiger partial charge in [0.25, 0.3) is 5.91 Å². The van der Waals surface area contributed by atoms with Gasteiger partial charge in [0.15, 0.2) is 0 Å². The van der Waals surface area contributed by atoms with Crippen LogP contribution in [0, 0.1) is 12.8 Å². The Morgan fingerprint density at radius 3 is 2.38 bits per heavy atom. The van der Waals surface area contributed by atoms with Crippen LogP contribution in [-0.2, 0) is 0 Å². The van der Waals surface area contributed by atoms with Gasteiger partial charge in [0.05, 0.1) is 21.3 Å². The SMILES string of the molecule is Cc1ncc(C(=O)N(CC(C)C)CC(F)(F)F)c(Cl)c1Cl. The summed E-state index contributed by atoms with van der Waals surface area (Å²) in [5.41, 5.74) is 0.279. The summed E-state index contributed by atoms with van der Waals surface area (Å²) in [7, 11) is 0. The summed E-state index contributed by atoms with van der Waals surface area (Å²) < 4.78 is 37.8. The zero-order valence-electron chi connectivity index (χ0n) is 11.8. The van der Waals surface area contributed by atoms with Gasteiger partial charge in [-0.05, 0) is 12.8 Å². The van der Waals surface area contributed by atoms with Crippen LogP contribution in [0.25, 0.3) is 0 Å². The Balaban J connectivity index is 3.13. The first kappa shape index (κ1) is 18.0. The number of rotatable bonds is 4. The van der Waals surface area contributed by atoms with Crippen LogP contribution in [-0.4, -0.2) is 35.1 Å². The second-order valence-electron chi connectivity index (χ2n) is 5.08. The van der Waals surface area contributed by atoms with Crippen molar-refractivity contribution in [2.24, 2.45) is 5.92 Å². The van der Waals surface area contributed by atoms with Crippen molar-refractivity contribution in [1.29, 1.82) is 0 Å².